The minimum atomic E-state index is 0.231. The lowest BCUT2D eigenvalue weighted by atomic mass is 9.77. The van der Waals surface area contributed by atoms with Gasteiger partial charge in [-0.1, -0.05) is 26.7 Å². The van der Waals surface area contributed by atoms with E-state index in [-0.39, 0.29) is 5.54 Å². The second kappa shape index (κ2) is 6.79. The molecule has 1 aliphatic carbocycles. The van der Waals surface area contributed by atoms with E-state index in [9.17, 15) is 0 Å². The molecule has 0 radical (unpaired) electrons. The Morgan fingerprint density at radius 1 is 1.05 bits per heavy atom. The molecule has 0 bridgehead atoms. The molecule has 118 valence electrons. The number of hydrogen-bond acceptors (Lipinski definition) is 2. The molecule has 1 heterocycles. The Morgan fingerprint density at radius 2 is 1.70 bits per heavy atom. The van der Waals surface area contributed by atoms with Crippen LogP contribution in [0.5, 0.6) is 0 Å². The summed E-state index contributed by atoms with van der Waals surface area (Å²) < 4.78 is 0. The molecule has 3 atom stereocenters. The number of hydrogen-bond donors (Lipinski definition) is 1. The summed E-state index contributed by atoms with van der Waals surface area (Å²) in [6, 6.07) is 1.59. The highest BCUT2D eigenvalue weighted by Gasteiger charge is 2.37. The molecule has 2 aliphatic rings. The van der Waals surface area contributed by atoms with Crippen LogP contribution in [0.2, 0.25) is 0 Å². The quantitative estimate of drug-likeness (QED) is 0.835. The average molecular weight is 280 g/mol. The first kappa shape index (κ1) is 16.3. The molecular formula is C18H36N2. The Morgan fingerprint density at radius 3 is 2.35 bits per heavy atom. The van der Waals surface area contributed by atoms with Gasteiger partial charge >= 0.3 is 0 Å². The van der Waals surface area contributed by atoms with Crippen LogP contribution in [0.25, 0.3) is 0 Å². The van der Waals surface area contributed by atoms with Gasteiger partial charge in [0.1, 0.15) is 0 Å². The van der Waals surface area contributed by atoms with Gasteiger partial charge in [0.15, 0.2) is 0 Å². The SMILES string of the molecule is CC(C)C(CNC(C)(C)C)N1CCCC2CCCCC21. The molecule has 1 saturated heterocycles. The number of fused-ring (bicyclic) bond motifs is 1. The topological polar surface area (TPSA) is 15.3 Å². The van der Waals surface area contributed by atoms with E-state index in [1.165, 1.54) is 45.1 Å². The number of piperidine rings is 1. The monoisotopic (exact) mass is 280 g/mol. The van der Waals surface area contributed by atoms with Crippen LogP contribution in [-0.4, -0.2) is 35.6 Å². The Hall–Kier alpha value is -0.0800. The number of nitrogens with zero attached hydrogens (tertiary/aromatic N) is 1. The van der Waals surface area contributed by atoms with E-state index >= 15 is 0 Å². The molecule has 0 aromatic carbocycles. The summed E-state index contributed by atoms with van der Waals surface area (Å²) in [4.78, 5) is 2.89. The van der Waals surface area contributed by atoms with Crippen LogP contribution >= 0.6 is 0 Å². The normalized spacial score (nSPS) is 30.3. The van der Waals surface area contributed by atoms with Crippen LogP contribution in [0, 0.1) is 11.8 Å². The fourth-order valence-corrected chi connectivity index (χ4v) is 4.22. The summed E-state index contributed by atoms with van der Waals surface area (Å²) >= 11 is 0. The fourth-order valence-electron chi connectivity index (χ4n) is 4.22. The number of likely N-dealkylation sites (tertiary alicyclic amines) is 1. The van der Waals surface area contributed by atoms with Crippen molar-refractivity contribution in [3.63, 3.8) is 0 Å². The van der Waals surface area contributed by atoms with Crippen LogP contribution in [0.3, 0.4) is 0 Å². The third kappa shape index (κ3) is 4.21. The highest BCUT2D eigenvalue weighted by molar-refractivity contribution is 4.92. The van der Waals surface area contributed by atoms with Crippen molar-refractivity contribution < 1.29 is 0 Å². The second-order valence-electron chi connectivity index (χ2n) is 8.43. The first-order valence-electron chi connectivity index (χ1n) is 8.89. The van der Waals surface area contributed by atoms with Crippen LogP contribution < -0.4 is 5.32 Å². The summed E-state index contributed by atoms with van der Waals surface area (Å²) in [7, 11) is 0. The van der Waals surface area contributed by atoms with E-state index < -0.39 is 0 Å². The summed E-state index contributed by atoms with van der Waals surface area (Å²) in [6.07, 6.45) is 8.76. The largest absolute Gasteiger partial charge is 0.311 e. The van der Waals surface area contributed by atoms with Crippen LogP contribution in [0.15, 0.2) is 0 Å². The summed E-state index contributed by atoms with van der Waals surface area (Å²) in [6.45, 7) is 14.1. The number of rotatable bonds is 4. The van der Waals surface area contributed by atoms with E-state index in [1.807, 2.05) is 0 Å². The van der Waals surface area contributed by atoms with Crippen LogP contribution in [0.1, 0.15) is 73.1 Å². The Kier molecular flexibility index (Phi) is 5.53. The third-order valence-electron chi connectivity index (χ3n) is 5.32. The zero-order chi connectivity index (χ0) is 14.8. The molecule has 1 saturated carbocycles. The van der Waals surface area contributed by atoms with Gasteiger partial charge in [0.05, 0.1) is 0 Å². The van der Waals surface area contributed by atoms with Crippen molar-refractivity contribution in [1.29, 1.82) is 0 Å². The molecule has 2 heteroatoms. The Labute approximate surface area is 126 Å². The van der Waals surface area contributed by atoms with Gasteiger partial charge in [-0.2, -0.15) is 0 Å². The molecule has 0 aromatic rings. The predicted molar refractivity (Wildman–Crippen MR) is 88.1 cm³/mol. The van der Waals surface area contributed by atoms with Crippen molar-refractivity contribution in [2.24, 2.45) is 11.8 Å². The van der Waals surface area contributed by atoms with E-state index in [1.54, 1.807) is 0 Å². The molecule has 2 nitrogen and oxygen atoms in total. The fraction of sp³-hybridized carbons (Fsp3) is 1.00. The van der Waals surface area contributed by atoms with Gasteiger partial charge in [-0.3, -0.25) is 4.90 Å². The zero-order valence-electron chi connectivity index (χ0n) is 14.4. The van der Waals surface area contributed by atoms with Crippen molar-refractivity contribution in [3.8, 4) is 0 Å². The van der Waals surface area contributed by atoms with Gasteiger partial charge in [-0.15, -0.1) is 0 Å². The van der Waals surface area contributed by atoms with Gasteiger partial charge in [-0.25, -0.2) is 0 Å². The summed E-state index contributed by atoms with van der Waals surface area (Å²) in [5, 5.41) is 3.75. The minimum absolute atomic E-state index is 0.231. The second-order valence-corrected chi connectivity index (χ2v) is 8.43. The van der Waals surface area contributed by atoms with E-state index in [0.717, 1.165) is 24.4 Å². The van der Waals surface area contributed by atoms with E-state index in [0.29, 0.717) is 6.04 Å². The molecule has 3 unspecified atom stereocenters. The van der Waals surface area contributed by atoms with Crippen molar-refractivity contribution in [2.75, 3.05) is 13.1 Å². The summed E-state index contributed by atoms with van der Waals surface area (Å²) in [5.41, 5.74) is 0.231. The van der Waals surface area contributed by atoms with Gasteiger partial charge in [0, 0.05) is 24.2 Å². The van der Waals surface area contributed by atoms with Gasteiger partial charge in [0.2, 0.25) is 0 Å². The Balaban J connectivity index is 2.03. The molecule has 0 aromatic heterocycles. The van der Waals surface area contributed by atoms with E-state index in [2.05, 4.69) is 44.8 Å². The number of nitrogens with one attached hydrogen (secondary N) is 1. The molecule has 1 N–H and O–H groups in total. The van der Waals surface area contributed by atoms with Crippen molar-refractivity contribution in [1.82, 2.24) is 10.2 Å². The predicted octanol–water partition coefficient (Wildman–Crippen LogP) is 4.05. The molecule has 20 heavy (non-hydrogen) atoms. The summed E-state index contributed by atoms with van der Waals surface area (Å²) in [5.74, 6) is 1.74. The lowest BCUT2D eigenvalue weighted by Crippen LogP contribution is -2.57. The van der Waals surface area contributed by atoms with Crippen LogP contribution in [0.4, 0.5) is 0 Å². The molecular weight excluding hydrogens is 244 g/mol. The standard InChI is InChI=1S/C18H36N2/c1-14(2)17(13-19-18(3,4)5)20-12-8-10-15-9-6-7-11-16(15)20/h14-17,19H,6-13H2,1-5H3. The Bertz CT molecular complexity index is 290. The van der Waals surface area contributed by atoms with Gasteiger partial charge in [0.25, 0.3) is 0 Å². The van der Waals surface area contributed by atoms with Crippen LogP contribution in [-0.2, 0) is 0 Å². The van der Waals surface area contributed by atoms with Crippen molar-refractivity contribution >= 4 is 0 Å². The minimum Gasteiger partial charge on any atom is -0.311 e. The maximum atomic E-state index is 3.75. The van der Waals surface area contributed by atoms with Crippen molar-refractivity contribution in [2.45, 2.75) is 90.8 Å². The molecule has 0 amide bonds. The highest BCUT2D eigenvalue weighted by Crippen LogP contribution is 2.37. The molecule has 2 fully saturated rings. The lowest BCUT2D eigenvalue weighted by Gasteiger charge is -2.49. The maximum Gasteiger partial charge on any atom is 0.0246 e. The smallest absolute Gasteiger partial charge is 0.0246 e. The molecule has 1 aliphatic heterocycles. The first-order valence-corrected chi connectivity index (χ1v) is 8.89. The zero-order valence-corrected chi connectivity index (χ0v) is 14.4. The highest BCUT2D eigenvalue weighted by atomic mass is 15.2. The lowest BCUT2D eigenvalue weighted by molar-refractivity contribution is 0.00824. The third-order valence-corrected chi connectivity index (χ3v) is 5.32. The molecule has 0 spiro atoms. The average Bonchev–Trinajstić information content (AvgIpc) is 2.37. The van der Waals surface area contributed by atoms with Crippen molar-refractivity contribution in [3.05, 3.63) is 0 Å². The molecule has 2 rings (SSSR count). The van der Waals surface area contributed by atoms with E-state index in [4.69, 9.17) is 0 Å². The van der Waals surface area contributed by atoms with Gasteiger partial charge < -0.3 is 5.32 Å². The first-order chi connectivity index (χ1) is 9.38. The maximum absolute atomic E-state index is 3.75. The van der Waals surface area contributed by atoms with Gasteiger partial charge in [-0.05, 0) is 64.8 Å².